The lowest BCUT2D eigenvalue weighted by Crippen LogP contribution is -2.44. The standard InChI is InChI=1S/C18H19N3O3S/c1-18(2,21-17(23)24)9-14-20-13(10-25-14)16(22)12-7-3-5-11-6-4-8-19-15(11)12/h3-8,10,16,21-22H,9H2,1-2H3,(H,23,24). The minimum absolute atomic E-state index is 0.449. The molecule has 3 rings (SSSR count). The molecular formula is C18H19N3O3S. The maximum atomic E-state index is 10.9. The van der Waals surface area contributed by atoms with E-state index in [4.69, 9.17) is 5.11 Å². The third-order valence-corrected chi connectivity index (χ3v) is 4.71. The molecule has 7 heteroatoms. The van der Waals surface area contributed by atoms with Crippen LogP contribution in [0.4, 0.5) is 4.79 Å². The Hall–Kier alpha value is -2.51. The van der Waals surface area contributed by atoms with Crippen LogP contribution in [0.3, 0.4) is 0 Å². The molecule has 0 aliphatic heterocycles. The fourth-order valence-corrected chi connectivity index (χ4v) is 3.79. The van der Waals surface area contributed by atoms with Crippen molar-refractivity contribution >= 4 is 28.3 Å². The Bertz CT molecular complexity index is 902. The molecule has 0 saturated carbocycles. The highest BCUT2D eigenvalue weighted by Gasteiger charge is 2.24. The minimum Gasteiger partial charge on any atom is -0.465 e. The number of fused-ring (bicyclic) bond motifs is 1. The maximum absolute atomic E-state index is 10.9. The number of nitrogens with one attached hydrogen (secondary N) is 1. The number of rotatable bonds is 5. The molecule has 0 bridgehead atoms. The van der Waals surface area contributed by atoms with Gasteiger partial charge in [0.05, 0.1) is 16.2 Å². The van der Waals surface area contributed by atoms with Gasteiger partial charge in [0.1, 0.15) is 6.10 Å². The largest absolute Gasteiger partial charge is 0.465 e. The second-order valence-electron chi connectivity index (χ2n) is 6.48. The summed E-state index contributed by atoms with van der Waals surface area (Å²) in [6.07, 6.45) is 0.207. The average molecular weight is 357 g/mol. The third kappa shape index (κ3) is 3.94. The van der Waals surface area contributed by atoms with E-state index in [0.29, 0.717) is 17.7 Å². The number of carboxylic acid groups (broad SMARTS) is 1. The van der Waals surface area contributed by atoms with Gasteiger partial charge in [-0.05, 0) is 19.9 Å². The fourth-order valence-electron chi connectivity index (χ4n) is 2.75. The van der Waals surface area contributed by atoms with Crippen molar-refractivity contribution < 1.29 is 15.0 Å². The van der Waals surface area contributed by atoms with Gasteiger partial charge in [0.15, 0.2) is 0 Å². The first-order chi connectivity index (χ1) is 11.9. The van der Waals surface area contributed by atoms with Crippen LogP contribution in [-0.4, -0.2) is 31.8 Å². The van der Waals surface area contributed by atoms with Crippen molar-refractivity contribution in [2.45, 2.75) is 31.9 Å². The fraction of sp³-hybridized carbons (Fsp3) is 0.278. The van der Waals surface area contributed by atoms with E-state index < -0.39 is 17.7 Å². The van der Waals surface area contributed by atoms with Crippen LogP contribution in [-0.2, 0) is 6.42 Å². The van der Waals surface area contributed by atoms with Crippen LogP contribution >= 0.6 is 11.3 Å². The van der Waals surface area contributed by atoms with E-state index in [1.807, 2.05) is 30.3 Å². The molecule has 2 heterocycles. The van der Waals surface area contributed by atoms with E-state index in [-0.39, 0.29) is 0 Å². The van der Waals surface area contributed by atoms with Gasteiger partial charge in [0.25, 0.3) is 0 Å². The quantitative estimate of drug-likeness (QED) is 0.651. The highest BCUT2D eigenvalue weighted by atomic mass is 32.1. The van der Waals surface area contributed by atoms with Crippen molar-refractivity contribution in [3.05, 3.63) is 58.2 Å². The number of thiazole rings is 1. The van der Waals surface area contributed by atoms with Gasteiger partial charge in [0, 0.05) is 34.5 Å². The number of pyridine rings is 1. The van der Waals surface area contributed by atoms with E-state index in [1.54, 1.807) is 25.4 Å². The highest BCUT2D eigenvalue weighted by Crippen LogP contribution is 2.29. The second kappa shape index (κ2) is 6.78. The topological polar surface area (TPSA) is 95.3 Å². The summed E-state index contributed by atoms with van der Waals surface area (Å²) < 4.78 is 0. The molecule has 0 aliphatic rings. The molecule has 0 radical (unpaired) electrons. The monoisotopic (exact) mass is 357 g/mol. The molecule has 0 fully saturated rings. The summed E-state index contributed by atoms with van der Waals surface area (Å²) in [6, 6.07) is 9.48. The van der Waals surface area contributed by atoms with Gasteiger partial charge in [-0.2, -0.15) is 0 Å². The molecule has 0 spiro atoms. The molecule has 130 valence electrons. The second-order valence-corrected chi connectivity index (χ2v) is 7.42. The summed E-state index contributed by atoms with van der Waals surface area (Å²) in [7, 11) is 0. The lowest BCUT2D eigenvalue weighted by molar-refractivity contribution is 0.182. The van der Waals surface area contributed by atoms with E-state index in [0.717, 1.165) is 15.9 Å². The SMILES string of the molecule is CC(C)(Cc1nc(C(O)c2cccc3cccnc23)cs1)NC(=O)O. The van der Waals surface area contributed by atoms with E-state index >= 15 is 0 Å². The summed E-state index contributed by atoms with van der Waals surface area (Å²) in [5, 5.41) is 25.6. The van der Waals surface area contributed by atoms with E-state index in [1.165, 1.54) is 11.3 Å². The van der Waals surface area contributed by atoms with Crippen LogP contribution in [0.5, 0.6) is 0 Å². The number of hydrogen-bond donors (Lipinski definition) is 3. The highest BCUT2D eigenvalue weighted by molar-refractivity contribution is 7.09. The van der Waals surface area contributed by atoms with Gasteiger partial charge in [-0.15, -0.1) is 11.3 Å². The number of aliphatic hydroxyl groups is 1. The van der Waals surface area contributed by atoms with Gasteiger partial charge in [-0.3, -0.25) is 4.98 Å². The molecule has 0 aliphatic carbocycles. The Morgan fingerprint density at radius 1 is 1.32 bits per heavy atom. The molecule has 0 saturated heterocycles. The molecule has 25 heavy (non-hydrogen) atoms. The van der Waals surface area contributed by atoms with Crippen molar-refractivity contribution in [3.63, 3.8) is 0 Å². The summed E-state index contributed by atoms with van der Waals surface area (Å²) in [4.78, 5) is 19.7. The number of hydrogen-bond acceptors (Lipinski definition) is 5. The molecule has 1 aromatic carbocycles. The molecular weight excluding hydrogens is 338 g/mol. The average Bonchev–Trinajstić information content (AvgIpc) is 3.00. The first kappa shape index (κ1) is 17.3. The predicted molar refractivity (Wildman–Crippen MR) is 96.9 cm³/mol. The molecule has 2 aromatic heterocycles. The molecule has 1 atom stereocenters. The van der Waals surface area contributed by atoms with E-state index in [2.05, 4.69) is 15.3 Å². The van der Waals surface area contributed by atoms with Gasteiger partial charge in [-0.1, -0.05) is 24.3 Å². The van der Waals surface area contributed by atoms with Crippen molar-refractivity contribution in [1.82, 2.24) is 15.3 Å². The number of aliphatic hydroxyl groups excluding tert-OH is 1. The van der Waals surface area contributed by atoms with Crippen LogP contribution in [0.1, 0.15) is 36.2 Å². The van der Waals surface area contributed by atoms with Gasteiger partial charge < -0.3 is 15.5 Å². The van der Waals surface area contributed by atoms with Crippen molar-refractivity contribution in [3.8, 4) is 0 Å². The first-order valence-electron chi connectivity index (χ1n) is 7.83. The Morgan fingerprint density at radius 3 is 2.84 bits per heavy atom. The van der Waals surface area contributed by atoms with Crippen molar-refractivity contribution in [2.24, 2.45) is 0 Å². The molecule has 3 aromatic rings. The predicted octanol–water partition coefficient (Wildman–Crippen LogP) is 3.36. The number of aromatic nitrogens is 2. The zero-order chi connectivity index (χ0) is 18.0. The zero-order valence-electron chi connectivity index (χ0n) is 13.9. The van der Waals surface area contributed by atoms with E-state index in [9.17, 15) is 9.90 Å². The molecule has 3 N–H and O–H groups in total. The number of benzene rings is 1. The molecule has 1 amide bonds. The first-order valence-corrected chi connectivity index (χ1v) is 8.71. The van der Waals surface area contributed by atoms with Crippen molar-refractivity contribution in [1.29, 1.82) is 0 Å². The zero-order valence-corrected chi connectivity index (χ0v) is 14.7. The Labute approximate surface area is 149 Å². The number of amides is 1. The molecule has 1 unspecified atom stereocenters. The number of carbonyl (C=O) groups is 1. The summed E-state index contributed by atoms with van der Waals surface area (Å²) in [5.74, 6) is 0. The normalized spacial score (nSPS) is 12.9. The Balaban J connectivity index is 1.85. The van der Waals surface area contributed by atoms with Crippen molar-refractivity contribution in [2.75, 3.05) is 0 Å². The number of para-hydroxylation sites is 1. The smallest absolute Gasteiger partial charge is 0.405 e. The Morgan fingerprint density at radius 2 is 2.08 bits per heavy atom. The molecule has 6 nitrogen and oxygen atoms in total. The third-order valence-electron chi connectivity index (χ3n) is 3.85. The summed E-state index contributed by atoms with van der Waals surface area (Å²) in [6.45, 7) is 3.60. The summed E-state index contributed by atoms with van der Waals surface area (Å²) >= 11 is 1.41. The lowest BCUT2D eigenvalue weighted by Gasteiger charge is -2.23. The van der Waals surface area contributed by atoms with Crippen LogP contribution < -0.4 is 5.32 Å². The Kier molecular flexibility index (Phi) is 4.69. The van der Waals surface area contributed by atoms with Gasteiger partial charge in [-0.25, -0.2) is 9.78 Å². The summed E-state index contributed by atoms with van der Waals surface area (Å²) in [5.41, 5.74) is 1.37. The number of nitrogens with zero attached hydrogens (tertiary/aromatic N) is 2. The minimum atomic E-state index is -1.07. The lowest BCUT2D eigenvalue weighted by atomic mass is 10.0. The van der Waals surface area contributed by atoms with Crippen LogP contribution in [0.25, 0.3) is 10.9 Å². The van der Waals surface area contributed by atoms with Gasteiger partial charge >= 0.3 is 6.09 Å². The van der Waals surface area contributed by atoms with Crippen LogP contribution in [0, 0.1) is 0 Å². The maximum Gasteiger partial charge on any atom is 0.405 e. The van der Waals surface area contributed by atoms with Crippen LogP contribution in [0.2, 0.25) is 0 Å². The van der Waals surface area contributed by atoms with Gasteiger partial charge in [0.2, 0.25) is 0 Å². The van der Waals surface area contributed by atoms with Crippen LogP contribution in [0.15, 0.2) is 41.9 Å².